The summed E-state index contributed by atoms with van der Waals surface area (Å²) < 4.78 is 38.3. The summed E-state index contributed by atoms with van der Waals surface area (Å²) in [6.07, 6.45) is 6.83. The van der Waals surface area contributed by atoms with E-state index in [1.807, 2.05) is 36.4 Å². The van der Waals surface area contributed by atoms with Crippen LogP contribution in [0.3, 0.4) is 0 Å². The van der Waals surface area contributed by atoms with Gasteiger partial charge in [0.25, 0.3) is 0 Å². The summed E-state index contributed by atoms with van der Waals surface area (Å²) in [6, 6.07) is 16.0. The predicted molar refractivity (Wildman–Crippen MR) is 124 cm³/mol. The Bertz CT molecular complexity index is 974. The van der Waals surface area contributed by atoms with Crippen LogP contribution >= 0.6 is 0 Å². The Kier molecular flexibility index (Phi) is 6.72. The molecule has 7 heteroatoms. The van der Waals surface area contributed by atoms with E-state index in [1.165, 1.54) is 19.1 Å². The highest BCUT2D eigenvalue weighted by Gasteiger charge is 2.33. The smallest absolute Gasteiger partial charge is 0.211 e. The summed E-state index contributed by atoms with van der Waals surface area (Å²) in [5.41, 5.74) is 2.18. The molecular weight excluding hydrogens is 412 g/mol. The lowest BCUT2D eigenvalue weighted by Gasteiger charge is -2.41. The van der Waals surface area contributed by atoms with Crippen LogP contribution in [-0.2, 0) is 16.4 Å². The highest BCUT2D eigenvalue weighted by Crippen LogP contribution is 2.36. The molecule has 4 rings (SSSR count). The minimum absolute atomic E-state index is 0.118. The van der Waals surface area contributed by atoms with Gasteiger partial charge in [-0.05, 0) is 49.8 Å². The maximum atomic E-state index is 12.4. The van der Waals surface area contributed by atoms with E-state index < -0.39 is 10.0 Å². The van der Waals surface area contributed by atoms with Gasteiger partial charge in [-0.1, -0.05) is 30.3 Å². The van der Waals surface area contributed by atoms with Crippen molar-refractivity contribution in [2.45, 2.75) is 44.2 Å². The molecule has 2 aliphatic rings. The fourth-order valence-electron chi connectivity index (χ4n) is 4.70. The van der Waals surface area contributed by atoms with Crippen LogP contribution in [0.15, 0.2) is 48.5 Å². The van der Waals surface area contributed by atoms with Crippen molar-refractivity contribution in [2.75, 3.05) is 37.9 Å². The number of rotatable bonds is 7. The third-order valence-corrected chi connectivity index (χ3v) is 7.61. The lowest BCUT2D eigenvalue weighted by atomic mass is 10.0. The SMILES string of the molecule is COc1ccc(N2CCN(S(C)(=O)=O)[C@@H](Cc3ccccc3)C2)cc1OC1CCCC1. The van der Waals surface area contributed by atoms with Crippen LogP contribution in [0.1, 0.15) is 31.2 Å². The monoisotopic (exact) mass is 444 g/mol. The Morgan fingerprint density at radius 2 is 1.74 bits per heavy atom. The standard InChI is InChI=1S/C24H32N2O4S/c1-29-23-13-12-20(17-24(23)30-22-10-6-7-11-22)25-14-15-26(31(2,27)28)21(18-25)16-19-8-4-3-5-9-19/h3-5,8-9,12-13,17,21-22H,6-7,10-11,14-16,18H2,1-2H3/t21-/m0/s1. The molecule has 0 bridgehead atoms. The second-order valence-corrected chi connectivity index (χ2v) is 10.5. The molecule has 0 aromatic heterocycles. The summed E-state index contributed by atoms with van der Waals surface area (Å²) in [5.74, 6) is 1.52. The molecule has 0 amide bonds. The van der Waals surface area contributed by atoms with E-state index >= 15 is 0 Å². The Hall–Kier alpha value is -2.25. The molecule has 0 spiro atoms. The van der Waals surface area contributed by atoms with Crippen molar-refractivity contribution in [3.8, 4) is 11.5 Å². The third-order valence-electron chi connectivity index (χ3n) is 6.28. The lowest BCUT2D eigenvalue weighted by Crippen LogP contribution is -2.55. The van der Waals surface area contributed by atoms with Crippen molar-refractivity contribution in [3.63, 3.8) is 0 Å². The molecule has 1 atom stereocenters. The number of ether oxygens (including phenoxy) is 2. The van der Waals surface area contributed by atoms with E-state index in [2.05, 4.69) is 17.0 Å². The van der Waals surface area contributed by atoms with E-state index in [1.54, 1.807) is 11.4 Å². The zero-order valence-electron chi connectivity index (χ0n) is 18.4. The van der Waals surface area contributed by atoms with Crippen molar-refractivity contribution < 1.29 is 17.9 Å². The molecular formula is C24H32N2O4S. The minimum atomic E-state index is -3.27. The minimum Gasteiger partial charge on any atom is -0.493 e. The van der Waals surface area contributed by atoms with Crippen molar-refractivity contribution in [3.05, 3.63) is 54.1 Å². The number of nitrogens with zero attached hydrogens (tertiary/aromatic N) is 2. The number of methoxy groups -OCH3 is 1. The molecule has 2 aromatic rings. The Labute approximate surface area is 185 Å². The predicted octanol–water partition coefficient (Wildman–Crippen LogP) is 3.71. The molecule has 2 aromatic carbocycles. The molecule has 1 heterocycles. The van der Waals surface area contributed by atoms with Crippen molar-refractivity contribution >= 4 is 15.7 Å². The van der Waals surface area contributed by atoms with Crippen LogP contribution in [0.2, 0.25) is 0 Å². The number of hydrogen-bond acceptors (Lipinski definition) is 5. The lowest BCUT2D eigenvalue weighted by molar-refractivity contribution is 0.200. The first-order valence-corrected chi connectivity index (χ1v) is 12.9. The van der Waals surface area contributed by atoms with E-state index in [4.69, 9.17) is 9.47 Å². The highest BCUT2D eigenvalue weighted by atomic mass is 32.2. The molecule has 31 heavy (non-hydrogen) atoms. The van der Waals surface area contributed by atoms with Gasteiger partial charge in [0, 0.05) is 37.4 Å². The van der Waals surface area contributed by atoms with Crippen LogP contribution in [-0.4, -0.2) is 57.9 Å². The van der Waals surface area contributed by atoms with E-state index in [0.717, 1.165) is 35.6 Å². The quantitative estimate of drug-likeness (QED) is 0.652. The first-order chi connectivity index (χ1) is 14.9. The zero-order chi connectivity index (χ0) is 21.8. The van der Waals surface area contributed by atoms with Gasteiger partial charge in [0.15, 0.2) is 11.5 Å². The normalized spacial score (nSPS) is 20.7. The molecule has 0 unspecified atom stereocenters. The summed E-state index contributed by atoms with van der Waals surface area (Å²) >= 11 is 0. The molecule has 6 nitrogen and oxygen atoms in total. The Morgan fingerprint density at radius 1 is 1.00 bits per heavy atom. The second kappa shape index (κ2) is 9.49. The van der Waals surface area contributed by atoms with E-state index in [-0.39, 0.29) is 12.1 Å². The molecule has 2 fully saturated rings. The molecule has 0 N–H and O–H groups in total. The average Bonchev–Trinajstić information content (AvgIpc) is 3.27. The number of anilines is 1. The number of benzene rings is 2. The summed E-state index contributed by atoms with van der Waals surface area (Å²) in [6.45, 7) is 1.76. The van der Waals surface area contributed by atoms with Crippen LogP contribution < -0.4 is 14.4 Å². The van der Waals surface area contributed by atoms with Gasteiger partial charge < -0.3 is 14.4 Å². The molecule has 1 aliphatic carbocycles. The largest absolute Gasteiger partial charge is 0.493 e. The van der Waals surface area contributed by atoms with Gasteiger partial charge in [-0.2, -0.15) is 4.31 Å². The maximum Gasteiger partial charge on any atom is 0.211 e. The van der Waals surface area contributed by atoms with Crippen LogP contribution in [0.4, 0.5) is 5.69 Å². The summed E-state index contributed by atoms with van der Waals surface area (Å²) in [5, 5.41) is 0. The van der Waals surface area contributed by atoms with Gasteiger partial charge >= 0.3 is 0 Å². The van der Waals surface area contributed by atoms with Crippen LogP contribution in [0.25, 0.3) is 0 Å². The third kappa shape index (κ3) is 5.33. The topological polar surface area (TPSA) is 59.1 Å². The maximum absolute atomic E-state index is 12.4. The van der Waals surface area contributed by atoms with E-state index in [9.17, 15) is 8.42 Å². The second-order valence-electron chi connectivity index (χ2n) is 8.52. The van der Waals surface area contributed by atoms with Gasteiger partial charge in [0.05, 0.1) is 19.5 Å². The highest BCUT2D eigenvalue weighted by molar-refractivity contribution is 7.88. The number of piperazine rings is 1. The van der Waals surface area contributed by atoms with E-state index in [0.29, 0.717) is 26.1 Å². The average molecular weight is 445 g/mol. The molecule has 1 saturated heterocycles. The van der Waals surface area contributed by atoms with Gasteiger partial charge in [0.2, 0.25) is 10.0 Å². The van der Waals surface area contributed by atoms with Crippen molar-refractivity contribution in [1.29, 1.82) is 0 Å². The zero-order valence-corrected chi connectivity index (χ0v) is 19.2. The Balaban J connectivity index is 1.56. The Morgan fingerprint density at radius 3 is 2.42 bits per heavy atom. The fourth-order valence-corrected chi connectivity index (χ4v) is 5.80. The van der Waals surface area contributed by atoms with Crippen LogP contribution in [0.5, 0.6) is 11.5 Å². The van der Waals surface area contributed by atoms with Gasteiger partial charge in [-0.3, -0.25) is 0 Å². The van der Waals surface area contributed by atoms with Gasteiger partial charge in [0.1, 0.15) is 0 Å². The molecule has 0 radical (unpaired) electrons. The molecule has 168 valence electrons. The van der Waals surface area contributed by atoms with Gasteiger partial charge in [-0.25, -0.2) is 8.42 Å². The van der Waals surface area contributed by atoms with Gasteiger partial charge in [-0.15, -0.1) is 0 Å². The summed E-state index contributed by atoms with van der Waals surface area (Å²) in [7, 11) is -1.61. The van der Waals surface area contributed by atoms with Crippen LogP contribution in [0, 0.1) is 0 Å². The first kappa shape index (κ1) is 22.0. The number of hydrogen-bond donors (Lipinski definition) is 0. The fraction of sp³-hybridized carbons (Fsp3) is 0.500. The van der Waals surface area contributed by atoms with Crippen molar-refractivity contribution in [2.24, 2.45) is 0 Å². The van der Waals surface area contributed by atoms with Crippen molar-refractivity contribution in [1.82, 2.24) is 4.31 Å². The number of sulfonamides is 1. The molecule has 1 saturated carbocycles. The first-order valence-electron chi connectivity index (χ1n) is 11.0. The summed E-state index contributed by atoms with van der Waals surface area (Å²) in [4.78, 5) is 2.26. The molecule has 1 aliphatic heterocycles.